The van der Waals surface area contributed by atoms with E-state index in [1.807, 2.05) is 0 Å². The van der Waals surface area contributed by atoms with Crippen molar-refractivity contribution in [2.24, 2.45) is 5.92 Å². The molecule has 0 aliphatic rings. The number of anilines is 1. The molecule has 98 valence electrons. The van der Waals surface area contributed by atoms with E-state index >= 15 is 0 Å². The molecule has 2 N–H and O–H groups in total. The summed E-state index contributed by atoms with van der Waals surface area (Å²) in [4.78, 5) is 0. The van der Waals surface area contributed by atoms with Crippen molar-refractivity contribution >= 4 is 6.01 Å². The third kappa shape index (κ3) is 4.73. The van der Waals surface area contributed by atoms with Crippen LogP contribution in [0.3, 0.4) is 0 Å². The van der Waals surface area contributed by atoms with E-state index in [4.69, 9.17) is 4.42 Å². The van der Waals surface area contributed by atoms with Crippen LogP contribution in [0, 0.1) is 5.92 Å². The Bertz CT molecular complexity index is 313. The molecular formula is C12H24N4O. The molecule has 0 fully saturated rings. The maximum Gasteiger partial charge on any atom is 0.315 e. The molecule has 1 heterocycles. The lowest BCUT2D eigenvalue weighted by atomic mass is 10.0. The zero-order valence-electron chi connectivity index (χ0n) is 11.3. The third-order valence-electron chi connectivity index (χ3n) is 3.02. The largest absolute Gasteiger partial charge is 0.407 e. The molecule has 0 amide bonds. The number of hydrogen-bond donors (Lipinski definition) is 2. The summed E-state index contributed by atoms with van der Waals surface area (Å²) in [5.74, 6) is 1.22. The molecule has 0 saturated heterocycles. The van der Waals surface area contributed by atoms with Gasteiger partial charge in [0.2, 0.25) is 5.89 Å². The molecule has 17 heavy (non-hydrogen) atoms. The van der Waals surface area contributed by atoms with Crippen LogP contribution in [0.5, 0.6) is 0 Å². The highest BCUT2D eigenvalue weighted by Crippen LogP contribution is 2.13. The summed E-state index contributed by atoms with van der Waals surface area (Å²) in [5, 5.41) is 14.4. The average Bonchev–Trinajstić information content (AvgIpc) is 2.76. The normalized spacial score (nSPS) is 14.6. The van der Waals surface area contributed by atoms with Gasteiger partial charge < -0.3 is 15.1 Å². The van der Waals surface area contributed by atoms with Crippen LogP contribution in [0.15, 0.2) is 4.42 Å². The van der Waals surface area contributed by atoms with Gasteiger partial charge in [0.05, 0.1) is 6.54 Å². The van der Waals surface area contributed by atoms with E-state index in [1.165, 1.54) is 0 Å². The second kappa shape index (κ2) is 7.27. The number of rotatable bonds is 8. The zero-order chi connectivity index (χ0) is 12.7. The topological polar surface area (TPSA) is 63.0 Å². The quantitative estimate of drug-likeness (QED) is 0.683. The van der Waals surface area contributed by atoms with Crippen molar-refractivity contribution in [3.63, 3.8) is 0 Å². The van der Waals surface area contributed by atoms with Crippen molar-refractivity contribution in [3.8, 4) is 0 Å². The standard InChI is InChI=1S/C12H24N4O/c1-5-7-13-8-11-15-16-12(17-11)14-10(4)9(3)6-2/h9-10,13H,5-8H2,1-4H3,(H,14,16). The molecule has 0 radical (unpaired) electrons. The van der Waals surface area contributed by atoms with Gasteiger partial charge in [-0.15, -0.1) is 5.10 Å². The van der Waals surface area contributed by atoms with Crippen LogP contribution in [-0.4, -0.2) is 22.8 Å². The number of hydrogen-bond acceptors (Lipinski definition) is 5. The second-order valence-corrected chi connectivity index (χ2v) is 4.50. The predicted molar refractivity (Wildman–Crippen MR) is 68.8 cm³/mol. The molecule has 0 aliphatic carbocycles. The van der Waals surface area contributed by atoms with Gasteiger partial charge in [0.25, 0.3) is 0 Å². The molecule has 1 rings (SSSR count). The fourth-order valence-corrected chi connectivity index (χ4v) is 1.45. The third-order valence-corrected chi connectivity index (χ3v) is 3.02. The summed E-state index contributed by atoms with van der Waals surface area (Å²) in [5.41, 5.74) is 0. The van der Waals surface area contributed by atoms with E-state index in [1.54, 1.807) is 0 Å². The van der Waals surface area contributed by atoms with Crippen molar-refractivity contribution in [1.82, 2.24) is 15.5 Å². The van der Waals surface area contributed by atoms with Crippen LogP contribution in [-0.2, 0) is 6.54 Å². The molecule has 0 aromatic carbocycles. The van der Waals surface area contributed by atoms with Crippen molar-refractivity contribution in [1.29, 1.82) is 0 Å². The lowest BCUT2D eigenvalue weighted by Gasteiger charge is -2.17. The van der Waals surface area contributed by atoms with E-state index in [2.05, 4.69) is 48.5 Å². The first-order valence-corrected chi connectivity index (χ1v) is 6.47. The van der Waals surface area contributed by atoms with E-state index in [-0.39, 0.29) is 0 Å². The molecule has 2 unspecified atom stereocenters. The summed E-state index contributed by atoms with van der Waals surface area (Å²) < 4.78 is 5.50. The summed E-state index contributed by atoms with van der Waals surface area (Å²) in [6.07, 6.45) is 2.23. The Kier molecular flexibility index (Phi) is 5.97. The lowest BCUT2D eigenvalue weighted by Crippen LogP contribution is -2.23. The van der Waals surface area contributed by atoms with Crippen LogP contribution in [0.25, 0.3) is 0 Å². The van der Waals surface area contributed by atoms with Crippen molar-refractivity contribution in [2.75, 3.05) is 11.9 Å². The highest BCUT2D eigenvalue weighted by Gasteiger charge is 2.13. The van der Waals surface area contributed by atoms with Crippen LogP contribution in [0.1, 0.15) is 46.4 Å². The summed E-state index contributed by atoms with van der Waals surface area (Å²) >= 11 is 0. The Morgan fingerprint density at radius 2 is 2.00 bits per heavy atom. The maximum absolute atomic E-state index is 5.50. The molecule has 2 atom stereocenters. The minimum atomic E-state index is 0.344. The van der Waals surface area contributed by atoms with E-state index in [9.17, 15) is 0 Å². The molecule has 1 aromatic rings. The Labute approximate surface area is 103 Å². The fraction of sp³-hybridized carbons (Fsp3) is 0.833. The Morgan fingerprint density at radius 3 is 2.65 bits per heavy atom. The molecular weight excluding hydrogens is 216 g/mol. The summed E-state index contributed by atoms with van der Waals surface area (Å²) in [6.45, 7) is 10.2. The van der Waals surface area contributed by atoms with Gasteiger partial charge in [-0.2, -0.15) is 0 Å². The number of nitrogens with one attached hydrogen (secondary N) is 2. The van der Waals surface area contributed by atoms with Gasteiger partial charge >= 0.3 is 6.01 Å². The monoisotopic (exact) mass is 240 g/mol. The van der Waals surface area contributed by atoms with Crippen molar-refractivity contribution in [2.45, 2.75) is 53.1 Å². The maximum atomic E-state index is 5.50. The number of nitrogens with zero attached hydrogens (tertiary/aromatic N) is 2. The van der Waals surface area contributed by atoms with E-state index < -0.39 is 0 Å². The molecule has 0 saturated carbocycles. The lowest BCUT2D eigenvalue weighted by molar-refractivity contribution is 0.449. The average molecular weight is 240 g/mol. The predicted octanol–water partition coefficient (Wildman–Crippen LogP) is 2.42. The van der Waals surface area contributed by atoms with Gasteiger partial charge in [0.15, 0.2) is 0 Å². The summed E-state index contributed by atoms with van der Waals surface area (Å²) in [6, 6.07) is 0.864. The first-order valence-electron chi connectivity index (χ1n) is 6.47. The van der Waals surface area contributed by atoms with E-state index in [0.717, 1.165) is 19.4 Å². The van der Waals surface area contributed by atoms with Crippen molar-refractivity contribution < 1.29 is 4.42 Å². The van der Waals surface area contributed by atoms with Crippen LogP contribution in [0.4, 0.5) is 6.01 Å². The Morgan fingerprint density at radius 1 is 1.24 bits per heavy atom. The minimum Gasteiger partial charge on any atom is -0.407 e. The summed E-state index contributed by atoms with van der Waals surface area (Å²) in [7, 11) is 0. The Balaban J connectivity index is 2.39. The first kappa shape index (κ1) is 14.0. The fourth-order valence-electron chi connectivity index (χ4n) is 1.45. The Hall–Kier alpha value is -1.10. The molecule has 1 aromatic heterocycles. The highest BCUT2D eigenvalue weighted by molar-refractivity contribution is 5.19. The second-order valence-electron chi connectivity index (χ2n) is 4.50. The molecule has 0 bridgehead atoms. The van der Waals surface area contributed by atoms with Gasteiger partial charge in [0, 0.05) is 6.04 Å². The highest BCUT2D eigenvalue weighted by atomic mass is 16.4. The van der Waals surface area contributed by atoms with Gasteiger partial charge in [-0.1, -0.05) is 32.3 Å². The SMILES string of the molecule is CCCNCc1nnc(NC(C)C(C)CC)o1. The van der Waals surface area contributed by atoms with Crippen LogP contribution >= 0.6 is 0 Å². The van der Waals surface area contributed by atoms with E-state index in [0.29, 0.717) is 30.4 Å². The van der Waals surface area contributed by atoms with Crippen molar-refractivity contribution in [3.05, 3.63) is 5.89 Å². The molecule has 0 aliphatic heterocycles. The van der Waals surface area contributed by atoms with Gasteiger partial charge in [-0.25, -0.2) is 0 Å². The van der Waals surface area contributed by atoms with Gasteiger partial charge in [0.1, 0.15) is 0 Å². The van der Waals surface area contributed by atoms with Gasteiger partial charge in [-0.3, -0.25) is 0 Å². The molecule has 5 nitrogen and oxygen atoms in total. The minimum absolute atomic E-state index is 0.344. The van der Waals surface area contributed by atoms with Crippen LogP contribution < -0.4 is 10.6 Å². The zero-order valence-corrected chi connectivity index (χ0v) is 11.3. The molecule has 0 spiro atoms. The van der Waals surface area contributed by atoms with Crippen LogP contribution in [0.2, 0.25) is 0 Å². The number of aromatic nitrogens is 2. The first-order chi connectivity index (χ1) is 8.17. The smallest absolute Gasteiger partial charge is 0.315 e. The van der Waals surface area contributed by atoms with Gasteiger partial charge in [-0.05, 0) is 25.8 Å². The molecule has 5 heteroatoms.